The number of halogens is 1. The molecule has 1 aliphatic heterocycles. The summed E-state index contributed by atoms with van der Waals surface area (Å²) in [5.74, 6) is 0.716. The lowest BCUT2D eigenvalue weighted by Crippen LogP contribution is -2.31. The van der Waals surface area contributed by atoms with Crippen LogP contribution in [0.15, 0.2) is 28.8 Å². The van der Waals surface area contributed by atoms with Gasteiger partial charge in [0.1, 0.15) is 11.9 Å². The minimum atomic E-state index is -0.528. The van der Waals surface area contributed by atoms with Crippen molar-refractivity contribution in [2.24, 2.45) is 5.92 Å². The second kappa shape index (κ2) is 6.32. The summed E-state index contributed by atoms with van der Waals surface area (Å²) >= 11 is 0. The monoisotopic (exact) mass is 331 g/mol. The van der Waals surface area contributed by atoms with Crippen LogP contribution in [0.4, 0.5) is 4.39 Å². The second-order valence-electron chi connectivity index (χ2n) is 6.30. The number of ether oxygens (including phenoxy) is 1. The Morgan fingerprint density at radius 2 is 2.12 bits per heavy atom. The van der Waals surface area contributed by atoms with Gasteiger partial charge in [-0.25, -0.2) is 4.39 Å². The van der Waals surface area contributed by atoms with Crippen LogP contribution in [-0.2, 0) is 4.74 Å². The van der Waals surface area contributed by atoms with Gasteiger partial charge in [0, 0.05) is 25.0 Å². The molecule has 4 rings (SSSR count). The number of carbonyl (C=O) groups excluding carboxylic acids is 1. The third-order valence-electron chi connectivity index (χ3n) is 4.50. The van der Waals surface area contributed by atoms with E-state index in [4.69, 9.17) is 9.26 Å². The topological polar surface area (TPSA) is 77.2 Å². The van der Waals surface area contributed by atoms with Gasteiger partial charge < -0.3 is 14.6 Å². The van der Waals surface area contributed by atoms with E-state index in [1.54, 1.807) is 12.1 Å². The Morgan fingerprint density at radius 1 is 1.29 bits per heavy atom. The molecule has 1 aromatic heterocycles. The maximum Gasteiger partial charge on any atom is 0.256 e. The average molecular weight is 331 g/mol. The highest BCUT2D eigenvalue weighted by Gasteiger charge is 2.36. The molecular weight excluding hydrogens is 313 g/mol. The first kappa shape index (κ1) is 15.3. The predicted molar refractivity (Wildman–Crippen MR) is 81.8 cm³/mol. The molecule has 0 bridgehead atoms. The van der Waals surface area contributed by atoms with Gasteiger partial charge in [0.25, 0.3) is 11.8 Å². The van der Waals surface area contributed by atoms with Crippen molar-refractivity contribution in [1.82, 2.24) is 15.5 Å². The first-order valence-electron chi connectivity index (χ1n) is 8.20. The Labute approximate surface area is 138 Å². The molecule has 126 valence electrons. The fourth-order valence-corrected chi connectivity index (χ4v) is 2.95. The molecule has 1 aromatic carbocycles. The standard InChI is InChI=1S/C17H18FN3O3/c18-13-4-2-1-3-12(13)16(22)19-9-11-7-8-23-14(11)17-20-15(21-24-17)10-5-6-10/h1-4,10-11,14H,5-9H2,(H,19,22)/t11-,14-/m0/s1. The molecule has 2 atom stereocenters. The molecule has 1 amide bonds. The second-order valence-corrected chi connectivity index (χ2v) is 6.30. The number of benzene rings is 1. The van der Waals surface area contributed by atoms with Crippen molar-refractivity contribution in [1.29, 1.82) is 0 Å². The van der Waals surface area contributed by atoms with E-state index in [1.807, 2.05) is 0 Å². The van der Waals surface area contributed by atoms with Gasteiger partial charge in [-0.2, -0.15) is 4.98 Å². The van der Waals surface area contributed by atoms with Gasteiger partial charge in [-0.3, -0.25) is 4.79 Å². The first-order valence-corrected chi connectivity index (χ1v) is 8.20. The molecular formula is C17H18FN3O3. The van der Waals surface area contributed by atoms with Crippen molar-refractivity contribution in [3.8, 4) is 0 Å². The van der Waals surface area contributed by atoms with Gasteiger partial charge in [0.05, 0.1) is 5.56 Å². The molecule has 0 unspecified atom stereocenters. The summed E-state index contributed by atoms with van der Waals surface area (Å²) in [7, 11) is 0. The van der Waals surface area contributed by atoms with Crippen molar-refractivity contribution in [2.75, 3.05) is 13.2 Å². The quantitative estimate of drug-likeness (QED) is 0.911. The van der Waals surface area contributed by atoms with Crippen LogP contribution in [0.5, 0.6) is 0 Å². The Morgan fingerprint density at radius 3 is 2.92 bits per heavy atom. The fraction of sp³-hybridized carbons (Fsp3) is 0.471. The van der Waals surface area contributed by atoms with E-state index in [-0.39, 0.29) is 17.6 Å². The highest BCUT2D eigenvalue weighted by Crippen LogP contribution is 2.40. The van der Waals surface area contributed by atoms with Crippen LogP contribution >= 0.6 is 0 Å². The average Bonchev–Trinajstić information content (AvgIpc) is 3.14. The smallest absolute Gasteiger partial charge is 0.256 e. The largest absolute Gasteiger partial charge is 0.368 e. The molecule has 24 heavy (non-hydrogen) atoms. The number of nitrogens with one attached hydrogen (secondary N) is 1. The van der Waals surface area contributed by atoms with E-state index in [9.17, 15) is 9.18 Å². The third-order valence-corrected chi connectivity index (χ3v) is 4.50. The molecule has 0 spiro atoms. The Bertz CT molecular complexity index is 744. The van der Waals surface area contributed by atoms with Gasteiger partial charge in [0.15, 0.2) is 5.82 Å². The SMILES string of the molecule is O=C(NC[C@@H]1CCO[C@@H]1c1nc(C2CC2)no1)c1ccccc1F. The molecule has 7 heteroatoms. The summed E-state index contributed by atoms with van der Waals surface area (Å²) in [5, 5.41) is 6.78. The van der Waals surface area contributed by atoms with E-state index >= 15 is 0 Å². The van der Waals surface area contributed by atoms with Gasteiger partial charge in [-0.05, 0) is 31.4 Å². The van der Waals surface area contributed by atoms with E-state index in [0.29, 0.717) is 25.0 Å². The summed E-state index contributed by atoms with van der Waals surface area (Å²) in [6, 6.07) is 5.93. The van der Waals surface area contributed by atoms with E-state index < -0.39 is 11.7 Å². The Balaban J connectivity index is 1.40. The fourth-order valence-electron chi connectivity index (χ4n) is 2.95. The number of nitrogens with zero attached hydrogens (tertiary/aromatic N) is 2. The summed E-state index contributed by atoms with van der Waals surface area (Å²) in [5.41, 5.74) is 0.0433. The molecule has 1 saturated heterocycles. The number of carbonyl (C=O) groups is 1. The van der Waals surface area contributed by atoms with E-state index in [1.165, 1.54) is 12.1 Å². The van der Waals surface area contributed by atoms with Crippen molar-refractivity contribution in [2.45, 2.75) is 31.3 Å². The van der Waals surface area contributed by atoms with Gasteiger partial charge in [-0.1, -0.05) is 17.3 Å². The maximum atomic E-state index is 13.6. The zero-order valence-corrected chi connectivity index (χ0v) is 13.1. The van der Waals surface area contributed by atoms with Gasteiger partial charge in [0.2, 0.25) is 0 Å². The van der Waals surface area contributed by atoms with Gasteiger partial charge in [-0.15, -0.1) is 0 Å². The van der Waals surface area contributed by atoms with Crippen LogP contribution in [-0.4, -0.2) is 29.2 Å². The Hall–Kier alpha value is -2.28. The summed E-state index contributed by atoms with van der Waals surface area (Å²) in [4.78, 5) is 16.6. The highest BCUT2D eigenvalue weighted by atomic mass is 19.1. The van der Waals surface area contributed by atoms with E-state index in [2.05, 4.69) is 15.5 Å². The molecule has 2 fully saturated rings. The lowest BCUT2D eigenvalue weighted by molar-refractivity contribution is 0.0613. The molecule has 2 heterocycles. The van der Waals surface area contributed by atoms with Crippen LogP contribution in [0.2, 0.25) is 0 Å². The Kier molecular flexibility index (Phi) is 4.02. The van der Waals surface area contributed by atoms with Crippen LogP contribution in [0, 0.1) is 11.7 Å². The number of amides is 1. The van der Waals surface area contributed by atoms with Gasteiger partial charge >= 0.3 is 0 Å². The third kappa shape index (κ3) is 3.03. The molecule has 2 aliphatic rings. The van der Waals surface area contributed by atoms with Crippen LogP contribution < -0.4 is 5.32 Å². The van der Waals surface area contributed by atoms with Crippen molar-refractivity contribution in [3.05, 3.63) is 47.4 Å². The number of hydrogen-bond donors (Lipinski definition) is 1. The normalized spacial score (nSPS) is 23.4. The minimum Gasteiger partial charge on any atom is -0.368 e. The molecule has 2 aromatic rings. The predicted octanol–water partition coefficient (Wildman–Crippen LogP) is 2.59. The lowest BCUT2D eigenvalue weighted by atomic mass is 10.0. The molecule has 1 saturated carbocycles. The summed E-state index contributed by atoms with van der Waals surface area (Å²) in [6.07, 6.45) is 2.67. The summed E-state index contributed by atoms with van der Waals surface area (Å²) in [6.45, 7) is 0.949. The highest BCUT2D eigenvalue weighted by molar-refractivity contribution is 5.94. The minimum absolute atomic E-state index is 0.0354. The van der Waals surface area contributed by atoms with Crippen molar-refractivity contribution < 1.29 is 18.4 Å². The zero-order chi connectivity index (χ0) is 16.5. The molecule has 6 nitrogen and oxygen atoms in total. The summed E-state index contributed by atoms with van der Waals surface area (Å²) < 4.78 is 24.7. The van der Waals surface area contributed by atoms with Crippen molar-refractivity contribution >= 4 is 5.91 Å². The van der Waals surface area contributed by atoms with Crippen LogP contribution in [0.3, 0.4) is 0 Å². The van der Waals surface area contributed by atoms with E-state index in [0.717, 1.165) is 25.1 Å². The molecule has 1 aliphatic carbocycles. The van der Waals surface area contributed by atoms with Crippen LogP contribution in [0.25, 0.3) is 0 Å². The number of hydrogen-bond acceptors (Lipinski definition) is 5. The number of rotatable bonds is 5. The zero-order valence-electron chi connectivity index (χ0n) is 13.1. The maximum absolute atomic E-state index is 13.6. The molecule has 0 radical (unpaired) electrons. The molecule has 1 N–H and O–H groups in total. The van der Waals surface area contributed by atoms with Crippen LogP contribution in [0.1, 0.15) is 53.4 Å². The lowest BCUT2D eigenvalue weighted by Gasteiger charge is -2.15. The van der Waals surface area contributed by atoms with Crippen molar-refractivity contribution in [3.63, 3.8) is 0 Å². The number of aromatic nitrogens is 2. The first-order chi connectivity index (χ1) is 11.7.